The van der Waals surface area contributed by atoms with Gasteiger partial charge in [0.25, 0.3) is 0 Å². The third-order valence-corrected chi connectivity index (χ3v) is 3.60. The first-order chi connectivity index (χ1) is 9.58. The molecule has 1 aromatic carbocycles. The molecule has 21 heavy (non-hydrogen) atoms. The van der Waals surface area contributed by atoms with Crippen LogP contribution in [0, 0.1) is 5.92 Å². The second-order valence-corrected chi connectivity index (χ2v) is 5.58. The van der Waals surface area contributed by atoms with E-state index in [2.05, 4.69) is 14.9 Å². The number of carbonyl (C=O) groups is 1. The molecule has 1 atom stereocenters. The number of amides is 1. The number of halogens is 1. The van der Waals surface area contributed by atoms with Crippen LogP contribution in [0.1, 0.15) is 19.4 Å². The van der Waals surface area contributed by atoms with E-state index in [0.29, 0.717) is 6.54 Å². The van der Waals surface area contributed by atoms with Crippen LogP contribution in [-0.2, 0) is 11.3 Å². The predicted molar refractivity (Wildman–Crippen MR) is 87.3 cm³/mol. The van der Waals surface area contributed by atoms with Crippen LogP contribution in [0.15, 0.2) is 29.6 Å². The van der Waals surface area contributed by atoms with Gasteiger partial charge in [0.05, 0.1) is 6.04 Å². The first-order valence-corrected chi connectivity index (χ1v) is 7.31. The van der Waals surface area contributed by atoms with Crippen molar-refractivity contribution in [1.82, 2.24) is 14.9 Å². The zero-order chi connectivity index (χ0) is 14.5. The average molecular weight is 327 g/mol. The molecule has 0 saturated carbocycles. The maximum absolute atomic E-state index is 11.8. The molecule has 0 aliphatic heterocycles. The van der Waals surface area contributed by atoms with E-state index < -0.39 is 6.04 Å². The highest BCUT2D eigenvalue weighted by atomic mass is 35.5. The number of benzene rings is 1. The lowest BCUT2D eigenvalue weighted by Gasteiger charge is -2.15. The third-order valence-electron chi connectivity index (χ3n) is 3.10. The first-order valence-electron chi connectivity index (χ1n) is 6.47. The first kappa shape index (κ1) is 17.6. The molecule has 0 radical (unpaired) electrons. The van der Waals surface area contributed by atoms with Crippen LogP contribution >= 0.6 is 23.9 Å². The van der Waals surface area contributed by atoms with E-state index in [1.165, 1.54) is 11.5 Å². The molecule has 0 aliphatic carbocycles. The molecule has 0 spiro atoms. The summed E-state index contributed by atoms with van der Waals surface area (Å²) < 4.78 is 3.84. The Labute approximate surface area is 134 Å². The molecule has 3 N–H and O–H groups in total. The van der Waals surface area contributed by atoms with Gasteiger partial charge in [0.15, 0.2) is 0 Å². The number of carbonyl (C=O) groups excluding carboxylic acids is 1. The Hall–Kier alpha value is -1.50. The van der Waals surface area contributed by atoms with Crippen molar-refractivity contribution in [2.75, 3.05) is 0 Å². The van der Waals surface area contributed by atoms with Gasteiger partial charge in [-0.15, -0.1) is 17.5 Å². The fourth-order valence-corrected chi connectivity index (χ4v) is 2.16. The molecule has 1 heterocycles. The van der Waals surface area contributed by atoms with E-state index >= 15 is 0 Å². The molecule has 7 heteroatoms. The molecule has 0 fully saturated rings. The van der Waals surface area contributed by atoms with Crippen LogP contribution < -0.4 is 11.1 Å². The minimum Gasteiger partial charge on any atom is -0.351 e. The van der Waals surface area contributed by atoms with Gasteiger partial charge in [-0.2, -0.15) is 0 Å². The Balaban J connectivity index is 0.00000220. The fraction of sp³-hybridized carbons (Fsp3) is 0.357. The van der Waals surface area contributed by atoms with Crippen LogP contribution in [0.4, 0.5) is 0 Å². The topological polar surface area (TPSA) is 80.9 Å². The van der Waals surface area contributed by atoms with Gasteiger partial charge < -0.3 is 11.1 Å². The highest BCUT2D eigenvalue weighted by molar-refractivity contribution is 7.03. The molecule has 1 aromatic heterocycles. The van der Waals surface area contributed by atoms with Crippen LogP contribution in [0.3, 0.4) is 0 Å². The van der Waals surface area contributed by atoms with Gasteiger partial charge in [0, 0.05) is 17.5 Å². The quantitative estimate of drug-likeness (QED) is 0.882. The number of nitrogens with two attached hydrogens (primary N) is 1. The molecule has 2 rings (SSSR count). The van der Waals surface area contributed by atoms with Crippen molar-refractivity contribution in [3.63, 3.8) is 0 Å². The molecule has 1 amide bonds. The van der Waals surface area contributed by atoms with E-state index in [1.54, 1.807) is 0 Å². The van der Waals surface area contributed by atoms with Gasteiger partial charge in [-0.3, -0.25) is 4.79 Å². The molecule has 5 nitrogen and oxygen atoms in total. The van der Waals surface area contributed by atoms with Crippen LogP contribution in [-0.4, -0.2) is 21.5 Å². The normalized spacial score (nSPS) is 11.8. The maximum atomic E-state index is 11.8. The van der Waals surface area contributed by atoms with Gasteiger partial charge in [-0.25, -0.2) is 0 Å². The Morgan fingerprint density at radius 3 is 2.52 bits per heavy atom. The Morgan fingerprint density at radius 2 is 2.00 bits per heavy atom. The molecule has 2 aromatic rings. The van der Waals surface area contributed by atoms with Crippen molar-refractivity contribution in [3.05, 3.63) is 35.2 Å². The Bertz CT molecular complexity index is 557. The van der Waals surface area contributed by atoms with E-state index in [9.17, 15) is 4.79 Å². The maximum Gasteiger partial charge on any atom is 0.237 e. The highest BCUT2D eigenvalue weighted by Crippen LogP contribution is 2.18. The van der Waals surface area contributed by atoms with Gasteiger partial charge in [0.2, 0.25) is 5.91 Å². The number of hydrogen-bond acceptors (Lipinski definition) is 5. The fourth-order valence-electron chi connectivity index (χ4n) is 1.69. The third kappa shape index (κ3) is 4.77. The predicted octanol–water partition coefficient (Wildman–Crippen LogP) is 2.23. The molecule has 114 valence electrons. The molecular formula is C14H19ClN4OS. The lowest BCUT2D eigenvalue weighted by Crippen LogP contribution is -2.43. The minimum atomic E-state index is -0.463. The standard InChI is InChI=1S/C14H18N4OS.ClH/c1-9(2)13(15)14(19)16-7-10-3-5-11(6-4-10)12-8-20-18-17-12;/h3-6,8-9,13H,7,15H2,1-2H3,(H,16,19);1H/t13-;/m1./s1. The summed E-state index contributed by atoms with van der Waals surface area (Å²) in [6.45, 7) is 4.34. The molecule has 0 aliphatic rings. The van der Waals surface area contributed by atoms with E-state index in [4.69, 9.17) is 5.73 Å². The van der Waals surface area contributed by atoms with E-state index in [-0.39, 0.29) is 24.2 Å². The smallest absolute Gasteiger partial charge is 0.237 e. The van der Waals surface area contributed by atoms with Gasteiger partial charge in [-0.05, 0) is 23.0 Å². The molecular weight excluding hydrogens is 308 g/mol. The van der Waals surface area contributed by atoms with Crippen molar-refractivity contribution in [3.8, 4) is 11.3 Å². The zero-order valence-corrected chi connectivity index (χ0v) is 13.6. The number of nitrogens with one attached hydrogen (secondary N) is 1. The summed E-state index contributed by atoms with van der Waals surface area (Å²) in [5.41, 5.74) is 8.70. The van der Waals surface area contributed by atoms with Crippen molar-refractivity contribution < 1.29 is 4.79 Å². The SMILES string of the molecule is CC(C)[C@@H](N)C(=O)NCc1ccc(-c2csnn2)cc1.Cl. The zero-order valence-electron chi connectivity index (χ0n) is 11.9. The molecule has 0 bridgehead atoms. The highest BCUT2D eigenvalue weighted by Gasteiger charge is 2.16. The van der Waals surface area contributed by atoms with Crippen molar-refractivity contribution >= 4 is 29.8 Å². The summed E-state index contributed by atoms with van der Waals surface area (Å²) in [7, 11) is 0. The molecule has 0 saturated heterocycles. The summed E-state index contributed by atoms with van der Waals surface area (Å²) in [6.07, 6.45) is 0. The minimum absolute atomic E-state index is 0. The summed E-state index contributed by atoms with van der Waals surface area (Å²) in [5, 5.41) is 8.76. The van der Waals surface area contributed by atoms with Gasteiger partial charge in [0.1, 0.15) is 5.69 Å². The monoisotopic (exact) mass is 326 g/mol. The number of aromatic nitrogens is 2. The number of hydrogen-bond donors (Lipinski definition) is 2. The van der Waals surface area contributed by atoms with E-state index in [0.717, 1.165) is 16.8 Å². The van der Waals surface area contributed by atoms with Gasteiger partial charge in [-0.1, -0.05) is 42.6 Å². The van der Waals surface area contributed by atoms with Crippen LogP contribution in [0.25, 0.3) is 11.3 Å². The van der Waals surface area contributed by atoms with Crippen LogP contribution in [0.5, 0.6) is 0 Å². The second kappa shape index (κ2) is 8.07. The second-order valence-electron chi connectivity index (χ2n) is 4.97. The van der Waals surface area contributed by atoms with Crippen molar-refractivity contribution in [1.29, 1.82) is 0 Å². The summed E-state index contributed by atoms with van der Waals surface area (Å²) in [5.74, 6) is 0.0160. The summed E-state index contributed by atoms with van der Waals surface area (Å²) >= 11 is 1.33. The lowest BCUT2D eigenvalue weighted by atomic mass is 10.0. The van der Waals surface area contributed by atoms with Crippen molar-refractivity contribution in [2.45, 2.75) is 26.4 Å². The summed E-state index contributed by atoms with van der Waals surface area (Å²) in [6, 6.07) is 7.42. The Morgan fingerprint density at radius 1 is 1.33 bits per heavy atom. The van der Waals surface area contributed by atoms with Gasteiger partial charge >= 0.3 is 0 Å². The largest absolute Gasteiger partial charge is 0.351 e. The number of rotatable bonds is 5. The summed E-state index contributed by atoms with van der Waals surface area (Å²) in [4.78, 5) is 11.8. The molecule has 0 unspecified atom stereocenters. The van der Waals surface area contributed by atoms with Crippen molar-refractivity contribution in [2.24, 2.45) is 11.7 Å². The average Bonchev–Trinajstić information content (AvgIpc) is 2.98. The lowest BCUT2D eigenvalue weighted by molar-refractivity contribution is -0.123. The van der Waals surface area contributed by atoms with Crippen LogP contribution in [0.2, 0.25) is 0 Å². The van der Waals surface area contributed by atoms with E-state index in [1.807, 2.05) is 43.5 Å². The number of nitrogens with zero attached hydrogens (tertiary/aromatic N) is 2. The Kier molecular flexibility index (Phi) is 6.74.